The first-order valence-electron chi connectivity index (χ1n) is 5.27. The van der Waals surface area contributed by atoms with Crippen LogP contribution in [0.1, 0.15) is 6.42 Å². The summed E-state index contributed by atoms with van der Waals surface area (Å²) in [5.74, 6) is -0.931. The van der Waals surface area contributed by atoms with Gasteiger partial charge >= 0.3 is 7.60 Å². The summed E-state index contributed by atoms with van der Waals surface area (Å²) in [5.41, 5.74) is 12.0. The zero-order valence-corrected chi connectivity index (χ0v) is 10.7. The summed E-state index contributed by atoms with van der Waals surface area (Å²) >= 11 is 0. The molecular formula is C8H13N6O4P. The first kappa shape index (κ1) is 14.0. The highest BCUT2D eigenvalue weighted by Gasteiger charge is 2.33. The monoisotopic (exact) mass is 288 g/mol. The molecule has 0 radical (unpaired) electrons. The van der Waals surface area contributed by atoms with E-state index in [2.05, 4.69) is 20.0 Å². The third-order valence-corrected chi connectivity index (χ3v) is 2.83. The van der Waals surface area contributed by atoms with Crippen LogP contribution in [0.15, 0.2) is 20.0 Å². The molecule has 2 rings (SSSR count). The SMILES string of the molecule is NC1=NC(N)(CCOCP(=O)(O)O)N=C2N=CN=C12. The summed E-state index contributed by atoms with van der Waals surface area (Å²) < 4.78 is 15.4. The number of nitrogens with zero attached hydrogens (tertiary/aromatic N) is 4. The Morgan fingerprint density at radius 2 is 2.16 bits per heavy atom. The van der Waals surface area contributed by atoms with Gasteiger partial charge in [0.05, 0.1) is 6.61 Å². The molecule has 6 N–H and O–H groups in total. The molecule has 0 spiro atoms. The second-order valence-corrected chi connectivity index (χ2v) is 5.57. The van der Waals surface area contributed by atoms with Gasteiger partial charge in [-0.3, -0.25) is 10.3 Å². The van der Waals surface area contributed by atoms with E-state index < -0.39 is 19.7 Å². The lowest BCUT2D eigenvalue weighted by molar-refractivity contribution is 0.137. The second kappa shape index (κ2) is 4.91. The van der Waals surface area contributed by atoms with Crippen LogP contribution in [-0.2, 0) is 9.30 Å². The Morgan fingerprint density at radius 1 is 1.42 bits per heavy atom. The standard InChI is InChI=1S/C8H13N6O4P/c9-6-5-7(12-3-11-5)14-8(10,13-6)1-2-18-4-19(15,16)17/h3H,1-2,4,10H2,(H2,9,13)(H2,15,16,17). The van der Waals surface area contributed by atoms with Crippen LogP contribution >= 0.6 is 7.60 Å². The Bertz CT molecular complexity index is 549. The van der Waals surface area contributed by atoms with Crippen LogP contribution in [0.5, 0.6) is 0 Å². The average molecular weight is 288 g/mol. The van der Waals surface area contributed by atoms with Gasteiger partial charge in [-0.05, 0) is 0 Å². The minimum Gasteiger partial charge on any atom is -0.382 e. The Morgan fingerprint density at radius 3 is 2.84 bits per heavy atom. The molecule has 0 aromatic rings. The highest BCUT2D eigenvalue weighted by molar-refractivity contribution is 7.51. The van der Waals surface area contributed by atoms with E-state index in [0.29, 0.717) is 11.5 Å². The number of ether oxygens (including phenoxy) is 1. The first-order chi connectivity index (χ1) is 8.79. The zero-order chi connectivity index (χ0) is 14.1. The molecule has 11 heteroatoms. The van der Waals surface area contributed by atoms with Gasteiger partial charge < -0.3 is 20.3 Å². The molecule has 19 heavy (non-hydrogen) atoms. The molecular weight excluding hydrogens is 275 g/mol. The molecule has 104 valence electrons. The van der Waals surface area contributed by atoms with E-state index in [1.165, 1.54) is 6.34 Å². The summed E-state index contributed by atoms with van der Waals surface area (Å²) in [6.07, 6.45) is 0.732. The Balaban J connectivity index is 1.96. The van der Waals surface area contributed by atoms with E-state index in [0.717, 1.165) is 0 Å². The summed E-state index contributed by atoms with van der Waals surface area (Å²) in [7, 11) is -4.19. The molecule has 0 aromatic heterocycles. The normalized spacial score (nSPS) is 25.7. The van der Waals surface area contributed by atoms with E-state index in [-0.39, 0.29) is 18.9 Å². The third kappa shape index (κ3) is 3.52. The Labute approximate surface area is 108 Å². The number of nitrogens with two attached hydrogens (primary N) is 2. The van der Waals surface area contributed by atoms with Gasteiger partial charge in [0, 0.05) is 6.42 Å². The summed E-state index contributed by atoms with van der Waals surface area (Å²) in [6, 6.07) is 0. The zero-order valence-electron chi connectivity index (χ0n) is 9.80. The van der Waals surface area contributed by atoms with Gasteiger partial charge in [0.25, 0.3) is 0 Å². The van der Waals surface area contributed by atoms with Crippen LogP contribution in [-0.4, -0.2) is 52.2 Å². The van der Waals surface area contributed by atoms with Gasteiger partial charge in [-0.25, -0.2) is 20.0 Å². The van der Waals surface area contributed by atoms with Crippen molar-refractivity contribution < 1.29 is 19.1 Å². The van der Waals surface area contributed by atoms with E-state index in [1.807, 2.05) is 0 Å². The summed E-state index contributed by atoms with van der Waals surface area (Å²) in [4.78, 5) is 33.1. The fourth-order valence-corrected chi connectivity index (χ4v) is 1.88. The van der Waals surface area contributed by atoms with Crippen molar-refractivity contribution in [3.8, 4) is 0 Å². The maximum Gasteiger partial charge on any atom is 0.350 e. The molecule has 0 aromatic carbocycles. The van der Waals surface area contributed by atoms with Gasteiger partial charge in [0.2, 0.25) is 5.79 Å². The third-order valence-electron chi connectivity index (χ3n) is 2.31. The van der Waals surface area contributed by atoms with Crippen molar-refractivity contribution in [2.75, 3.05) is 13.0 Å². The summed E-state index contributed by atoms with van der Waals surface area (Å²) in [5, 5.41) is 0. The van der Waals surface area contributed by atoms with Gasteiger partial charge in [-0.1, -0.05) is 0 Å². The minimum atomic E-state index is -4.19. The maximum atomic E-state index is 10.6. The van der Waals surface area contributed by atoms with Crippen LogP contribution < -0.4 is 11.5 Å². The van der Waals surface area contributed by atoms with E-state index in [1.54, 1.807) is 0 Å². The van der Waals surface area contributed by atoms with E-state index >= 15 is 0 Å². The lowest BCUT2D eigenvalue weighted by Crippen LogP contribution is -2.46. The molecule has 0 saturated carbocycles. The fourth-order valence-electron chi connectivity index (χ4n) is 1.51. The van der Waals surface area contributed by atoms with Gasteiger partial charge in [0.15, 0.2) is 17.4 Å². The molecule has 2 heterocycles. The van der Waals surface area contributed by atoms with Crippen LogP contribution in [0, 0.1) is 0 Å². The van der Waals surface area contributed by atoms with Gasteiger partial charge in [-0.15, -0.1) is 0 Å². The Kier molecular flexibility index (Phi) is 3.61. The molecule has 0 amide bonds. The average Bonchev–Trinajstić information content (AvgIpc) is 2.71. The molecule has 0 bridgehead atoms. The number of fused-ring (bicyclic) bond motifs is 1. The molecule has 10 nitrogen and oxygen atoms in total. The number of amidine groups is 2. The van der Waals surface area contributed by atoms with Crippen LogP contribution in [0.25, 0.3) is 0 Å². The molecule has 0 fully saturated rings. The largest absolute Gasteiger partial charge is 0.382 e. The Hall–Kier alpha value is -1.45. The predicted octanol–water partition coefficient (Wildman–Crippen LogP) is -1.61. The minimum absolute atomic E-state index is 0.0225. The molecule has 0 aliphatic carbocycles. The van der Waals surface area contributed by atoms with Crippen LogP contribution in [0.4, 0.5) is 0 Å². The predicted molar refractivity (Wildman–Crippen MR) is 69.4 cm³/mol. The number of hydrogen-bond acceptors (Lipinski definition) is 8. The van der Waals surface area contributed by atoms with E-state index in [9.17, 15) is 4.57 Å². The highest BCUT2D eigenvalue weighted by atomic mass is 31.2. The molecule has 1 atom stereocenters. The van der Waals surface area contributed by atoms with Crippen molar-refractivity contribution in [1.82, 2.24) is 0 Å². The van der Waals surface area contributed by atoms with E-state index in [4.69, 9.17) is 26.0 Å². The van der Waals surface area contributed by atoms with Gasteiger partial charge in [0.1, 0.15) is 12.7 Å². The van der Waals surface area contributed by atoms with Crippen molar-refractivity contribution in [1.29, 1.82) is 0 Å². The quantitative estimate of drug-likeness (QED) is 0.350. The van der Waals surface area contributed by atoms with Gasteiger partial charge in [-0.2, -0.15) is 0 Å². The first-order valence-corrected chi connectivity index (χ1v) is 7.06. The maximum absolute atomic E-state index is 10.6. The lowest BCUT2D eigenvalue weighted by atomic mass is 10.2. The second-order valence-electron chi connectivity index (χ2n) is 3.99. The fraction of sp³-hybridized carbons (Fsp3) is 0.500. The van der Waals surface area contributed by atoms with Crippen LogP contribution in [0.2, 0.25) is 0 Å². The smallest absolute Gasteiger partial charge is 0.350 e. The van der Waals surface area contributed by atoms with Crippen molar-refractivity contribution in [3.05, 3.63) is 0 Å². The number of rotatable bonds is 5. The number of hydrogen-bond donors (Lipinski definition) is 4. The summed E-state index contributed by atoms with van der Waals surface area (Å²) in [6.45, 7) is -0.0225. The molecule has 2 aliphatic heterocycles. The van der Waals surface area contributed by atoms with Crippen molar-refractivity contribution in [3.63, 3.8) is 0 Å². The lowest BCUT2D eigenvalue weighted by Gasteiger charge is -2.24. The van der Waals surface area contributed by atoms with Crippen molar-refractivity contribution >= 4 is 31.3 Å². The number of aliphatic imine (C=N–C) groups is 4. The molecule has 0 saturated heterocycles. The van der Waals surface area contributed by atoms with Crippen molar-refractivity contribution in [2.24, 2.45) is 31.4 Å². The molecule has 2 aliphatic rings. The van der Waals surface area contributed by atoms with Crippen LogP contribution in [0.3, 0.4) is 0 Å². The highest BCUT2D eigenvalue weighted by Crippen LogP contribution is 2.34. The molecule has 1 unspecified atom stereocenters. The van der Waals surface area contributed by atoms with Crippen molar-refractivity contribution in [2.45, 2.75) is 12.2 Å². The topological polar surface area (TPSA) is 168 Å².